The van der Waals surface area contributed by atoms with Crippen LogP contribution in [-0.2, 0) is 17.8 Å². The first kappa shape index (κ1) is 19.8. The molecule has 0 aromatic heterocycles. The minimum absolute atomic E-state index is 0.375. The Morgan fingerprint density at radius 2 is 1.64 bits per heavy atom. The molecule has 0 aliphatic heterocycles. The summed E-state index contributed by atoms with van der Waals surface area (Å²) in [5, 5.41) is 6.47. The van der Waals surface area contributed by atoms with E-state index < -0.39 is 5.60 Å². The zero-order valence-electron chi connectivity index (χ0n) is 16.2. The van der Waals surface area contributed by atoms with Crippen LogP contribution in [0.4, 0.5) is 4.79 Å². The summed E-state index contributed by atoms with van der Waals surface area (Å²) in [7, 11) is 0. The molecule has 25 heavy (non-hydrogen) atoms. The quantitative estimate of drug-likeness (QED) is 0.780. The first-order chi connectivity index (χ1) is 11.8. The molecule has 2 N–H and O–H groups in total. The minimum atomic E-state index is -0.464. The van der Waals surface area contributed by atoms with Gasteiger partial charge in [0.05, 0.1) is 0 Å². The van der Waals surface area contributed by atoms with Crippen molar-refractivity contribution in [2.24, 2.45) is 5.92 Å². The van der Waals surface area contributed by atoms with Gasteiger partial charge in [0.15, 0.2) is 0 Å². The molecule has 0 saturated heterocycles. The molecule has 1 unspecified atom stereocenters. The summed E-state index contributed by atoms with van der Waals surface area (Å²) in [4.78, 5) is 11.7. The lowest BCUT2D eigenvalue weighted by Crippen LogP contribution is -2.34. The van der Waals surface area contributed by atoms with Crippen molar-refractivity contribution in [3.8, 4) is 0 Å². The lowest BCUT2D eigenvalue weighted by molar-refractivity contribution is 0.0523. The highest BCUT2D eigenvalue weighted by molar-refractivity contribution is 5.67. The minimum Gasteiger partial charge on any atom is -0.444 e. The number of carbonyl (C=O) groups is 1. The van der Waals surface area contributed by atoms with Gasteiger partial charge in [-0.1, -0.05) is 43.5 Å². The number of hydrogen-bond donors (Lipinski definition) is 2. The molecular formula is C21H34N2O2. The first-order valence-electron chi connectivity index (χ1n) is 9.61. The van der Waals surface area contributed by atoms with E-state index in [4.69, 9.17) is 4.74 Å². The Morgan fingerprint density at radius 1 is 1.08 bits per heavy atom. The van der Waals surface area contributed by atoms with Gasteiger partial charge >= 0.3 is 6.09 Å². The van der Waals surface area contributed by atoms with Gasteiger partial charge < -0.3 is 15.4 Å². The molecule has 1 aliphatic carbocycles. The molecule has 0 radical (unpaired) electrons. The van der Waals surface area contributed by atoms with Crippen LogP contribution in [0.1, 0.15) is 70.9 Å². The van der Waals surface area contributed by atoms with Crippen LogP contribution in [0.5, 0.6) is 0 Å². The first-order valence-corrected chi connectivity index (χ1v) is 9.61. The van der Waals surface area contributed by atoms with Crippen LogP contribution in [-0.4, -0.2) is 17.7 Å². The van der Waals surface area contributed by atoms with Crippen LogP contribution in [0.3, 0.4) is 0 Å². The molecule has 1 saturated carbocycles. The Balaban J connectivity index is 1.73. The highest BCUT2D eigenvalue weighted by atomic mass is 16.6. The molecule has 2 rings (SSSR count). The number of amides is 1. The van der Waals surface area contributed by atoms with E-state index in [-0.39, 0.29) is 6.09 Å². The monoisotopic (exact) mass is 346 g/mol. The van der Waals surface area contributed by atoms with Gasteiger partial charge in [-0.3, -0.25) is 0 Å². The van der Waals surface area contributed by atoms with Crippen molar-refractivity contribution < 1.29 is 9.53 Å². The smallest absolute Gasteiger partial charge is 0.407 e. The van der Waals surface area contributed by atoms with Gasteiger partial charge in [0.25, 0.3) is 0 Å². The van der Waals surface area contributed by atoms with Crippen LogP contribution < -0.4 is 10.6 Å². The Morgan fingerprint density at radius 3 is 2.20 bits per heavy atom. The topological polar surface area (TPSA) is 50.4 Å². The van der Waals surface area contributed by atoms with Crippen LogP contribution in [0.15, 0.2) is 24.3 Å². The van der Waals surface area contributed by atoms with Crippen LogP contribution in [0, 0.1) is 5.92 Å². The molecule has 140 valence electrons. The van der Waals surface area contributed by atoms with Gasteiger partial charge in [-0.25, -0.2) is 4.79 Å². The summed E-state index contributed by atoms with van der Waals surface area (Å²) in [6.45, 7) is 9.29. The number of hydrogen-bond acceptors (Lipinski definition) is 3. The van der Waals surface area contributed by atoms with Gasteiger partial charge in [-0.15, -0.1) is 0 Å². The largest absolute Gasteiger partial charge is 0.444 e. The molecule has 1 atom stereocenters. The average Bonchev–Trinajstić information content (AvgIpc) is 2.58. The van der Waals surface area contributed by atoms with E-state index in [1.165, 1.54) is 37.7 Å². The molecule has 4 heteroatoms. The molecule has 1 aliphatic rings. The van der Waals surface area contributed by atoms with Gasteiger partial charge in [0.2, 0.25) is 0 Å². The van der Waals surface area contributed by atoms with Crippen molar-refractivity contribution in [2.45, 2.75) is 84.5 Å². The Bertz CT molecular complexity index is 528. The zero-order valence-corrected chi connectivity index (χ0v) is 16.2. The molecule has 1 amide bonds. The number of nitrogens with one attached hydrogen (secondary N) is 2. The van der Waals surface area contributed by atoms with Crippen LogP contribution in [0.2, 0.25) is 0 Å². The van der Waals surface area contributed by atoms with E-state index in [2.05, 4.69) is 41.8 Å². The zero-order chi connectivity index (χ0) is 18.3. The summed E-state index contributed by atoms with van der Waals surface area (Å²) < 4.78 is 5.25. The fourth-order valence-electron chi connectivity index (χ4n) is 3.34. The Labute approximate surface area is 152 Å². The summed E-state index contributed by atoms with van der Waals surface area (Å²) >= 11 is 0. The van der Waals surface area contributed by atoms with Crippen LogP contribution >= 0.6 is 0 Å². The second-order valence-electron chi connectivity index (χ2n) is 8.24. The number of ether oxygens (including phenoxy) is 1. The van der Waals surface area contributed by atoms with E-state index in [1.54, 1.807) is 0 Å². The summed E-state index contributed by atoms with van der Waals surface area (Å²) in [6.07, 6.45) is 6.53. The lowest BCUT2D eigenvalue weighted by atomic mass is 9.84. The third-order valence-corrected chi connectivity index (χ3v) is 4.84. The number of benzene rings is 1. The summed E-state index contributed by atoms with van der Waals surface area (Å²) in [5.41, 5.74) is 1.90. The van der Waals surface area contributed by atoms with Crippen molar-refractivity contribution in [1.29, 1.82) is 0 Å². The molecular weight excluding hydrogens is 312 g/mol. The standard InChI is InChI=1S/C21H34N2O2/c1-16(19-8-6-5-7-9-19)22-14-17-10-12-18(13-11-17)15-23-20(24)25-21(2,3)4/h10-13,16,19,22H,5-9,14-15H2,1-4H3,(H,23,24). The van der Waals surface area contributed by atoms with E-state index in [0.29, 0.717) is 12.6 Å². The molecule has 1 aromatic rings. The second kappa shape index (κ2) is 9.23. The van der Waals surface area contributed by atoms with Crippen LogP contribution in [0.25, 0.3) is 0 Å². The van der Waals surface area contributed by atoms with Gasteiger partial charge in [0, 0.05) is 19.1 Å². The maximum Gasteiger partial charge on any atom is 0.407 e. The predicted octanol–water partition coefficient (Wildman–Crippen LogP) is 4.77. The lowest BCUT2D eigenvalue weighted by Gasteiger charge is -2.28. The van der Waals surface area contributed by atoms with Crippen molar-refractivity contribution in [1.82, 2.24) is 10.6 Å². The number of alkyl carbamates (subject to hydrolysis) is 1. The van der Waals surface area contributed by atoms with E-state index >= 15 is 0 Å². The van der Waals surface area contributed by atoms with E-state index in [1.807, 2.05) is 20.8 Å². The fourth-order valence-corrected chi connectivity index (χ4v) is 3.34. The molecule has 1 aromatic carbocycles. The maximum atomic E-state index is 11.7. The molecule has 0 bridgehead atoms. The summed E-state index contributed by atoms with van der Waals surface area (Å²) in [6, 6.07) is 8.98. The average molecular weight is 347 g/mol. The number of rotatable bonds is 6. The van der Waals surface area contributed by atoms with Crippen molar-refractivity contribution in [2.75, 3.05) is 0 Å². The Kier molecular flexibility index (Phi) is 7.30. The van der Waals surface area contributed by atoms with E-state index in [9.17, 15) is 4.79 Å². The SMILES string of the molecule is CC(NCc1ccc(CNC(=O)OC(C)(C)C)cc1)C1CCCCC1. The highest BCUT2D eigenvalue weighted by Crippen LogP contribution is 2.26. The van der Waals surface area contributed by atoms with Gasteiger partial charge in [-0.05, 0) is 57.6 Å². The van der Waals surface area contributed by atoms with Gasteiger partial charge in [-0.2, -0.15) is 0 Å². The Hall–Kier alpha value is -1.55. The molecule has 4 nitrogen and oxygen atoms in total. The molecule has 0 spiro atoms. The van der Waals surface area contributed by atoms with Crippen molar-refractivity contribution in [3.63, 3.8) is 0 Å². The number of carbonyl (C=O) groups excluding carboxylic acids is 1. The normalized spacial score (nSPS) is 17.1. The van der Waals surface area contributed by atoms with Crippen molar-refractivity contribution >= 4 is 6.09 Å². The van der Waals surface area contributed by atoms with E-state index in [0.717, 1.165) is 18.0 Å². The third kappa shape index (κ3) is 7.47. The molecule has 0 heterocycles. The highest BCUT2D eigenvalue weighted by Gasteiger charge is 2.19. The summed E-state index contributed by atoms with van der Waals surface area (Å²) in [5.74, 6) is 0.825. The third-order valence-electron chi connectivity index (χ3n) is 4.84. The van der Waals surface area contributed by atoms with Crippen molar-refractivity contribution in [3.05, 3.63) is 35.4 Å². The second-order valence-corrected chi connectivity index (χ2v) is 8.24. The van der Waals surface area contributed by atoms with Gasteiger partial charge in [0.1, 0.15) is 5.60 Å². The maximum absolute atomic E-state index is 11.7. The predicted molar refractivity (Wildman–Crippen MR) is 102 cm³/mol. The molecule has 1 fully saturated rings. The fraction of sp³-hybridized carbons (Fsp3) is 0.667.